The normalized spacial score (nSPS) is 13.9. The van der Waals surface area contributed by atoms with Crippen LogP contribution in [0.15, 0.2) is 48.7 Å². The standard InChI is InChI=1S/C25H29N7O/c1-18-4-5-20(16-19(18)8-10-26)28-24-9-11-27-25(30-24)29-21-6-7-22(23(17-21)33-3)32-14-12-31(2)13-15-32/h4-7,9,11,16-17H,8,12-15H2,1-3H3,(H2,27,28,29,30). The molecule has 1 saturated heterocycles. The predicted octanol–water partition coefficient (Wildman–Crippen LogP) is 4.10. The second-order valence-electron chi connectivity index (χ2n) is 8.17. The Morgan fingerprint density at radius 2 is 1.79 bits per heavy atom. The lowest BCUT2D eigenvalue weighted by molar-refractivity contribution is 0.311. The van der Waals surface area contributed by atoms with E-state index in [4.69, 9.17) is 10.00 Å². The van der Waals surface area contributed by atoms with Crippen LogP contribution < -0.4 is 20.3 Å². The molecule has 8 heteroatoms. The van der Waals surface area contributed by atoms with Gasteiger partial charge in [-0.15, -0.1) is 0 Å². The van der Waals surface area contributed by atoms with Crippen molar-refractivity contribution >= 4 is 28.8 Å². The van der Waals surface area contributed by atoms with Crippen molar-refractivity contribution in [2.45, 2.75) is 13.3 Å². The molecule has 1 aliphatic heterocycles. The third-order valence-electron chi connectivity index (χ3n) is 5.83. The van der Waals surface area contributed by atoms with Crippen LogP contribution in [-0.2, 0) is 6.42 Å². The van der Waals surface area contributed by atoms with Crippen molar-refractivity contribution < 1.29 is 4.74 Å². The van der Waals surface area contributed by atoms with E-state index in [0.717, 1.165) is 60.1 Å². The van der Waals surface area contributed by atoms with E-state index in [1.807, 2.05) is 43.3 Å². The van der Waals surface area contributed by atoms with Gasteiger partial charge in [0.2, 0.25) is 5.95 Å². The van der Waals surface area contributed by atoms with Gasteiger partial charge in [0.25, 0.3) is 0 Å². The van der Waals surface area contributed by atoms with Crippen LogP contribution in [-0.4, -0.2) is 55.2 Å². The summed E-state index contributed by atoms with van der Waals surface area (Å²) in [6.07, 6.45) is 2.09. The minimum absolute atomic E-state index is 0.379. The molecular formula is C25H29N7O. The molecule has 0 bridgehead atoms. The summed E-state index contributed by atoms with van der Waals surface area (Å²) in [6.45, 7) is 6.04. The summed E-state index contributed by atoms with van der Waals surface area (Å²) in [5.41, 5.74) is 4.94. The number of hydrogen-bond donors (Lipinski definition) is 2. The average Bonchev–Trinajstić information content (AvgIpc) is 2.82. The van der Waals surface area contributed by atoms with Crippen LogP contribution in [0.1, 0.15) is 11.1 Å². The van der Waals surface area contributed by atoms with Crippen LogP contribution >= 0.6 is 0 Å². The average molecular weight is 444 g/mol. The van der Waals surface area contributed by atoms with Gasteiger partial charge in [0.15, 0.2) is 0 Å². The van der Waals surface area contributed by atoms with Gasteiger partial charge in [0, 0.05) is 49.8 Å². The molecule has 1 fully saturated rings. The minimum Gasteiger partial charge on any atom is -0.495 e. The van der Waals surface area contributed by atoms with Gasteiger partial charge in [-0.2, -0.15) is 10.2 Å². The van der Waals surface area contributed by atoms with Crippen molar-refractivity contribution in [2.24, 2.45) is 0 Å². The smallest absolute Gasteiger partial charge is 0.229 e. The lowest BCUT2D eigenvalue weighted by atomic mass is 10.1. The Labute approximate surface area is 194 Å². The molecule has 0 saturated carbocycles. The summed E-state index contributed by atoms with van der Waals surface area (Å²) in [7, 11) is 3.84. The number of piperazine rings is 1. The number of aryl methyl sites for hydroxylation is 1. The van der Waals surface area contributed by atoms with E-state index in [-0.39, 0.29) is 0 Å². The van der Waals surface area contributed by atoms with E-state index in [9.17, 15) is 0 Å². The van der Waals surface area contributed by atoms with E-state index in [0.29, 0.717) is 18.2 Å². The highest BCUT2D eigenvalue weighted by atomic mass is 16.5. The number of anilines is 5. The highest BCUT2D eigenvalue weighted by molar-refractivity contribution is 5.68. The number of nitriles is 1. The van der Waals surface area contributed by atoms with Crippen LogP contribution in [0.3, 0.4) is 0 Å². The first-order chi connectivity index (χ1) is 16.1. The number of methoxy groups -OCH3 is 1. The fourth-order valence-corrected chi connectivity index (χ4v) is 3.85. The Morgan fingerprint density at radius 1 is 1.03 bits per heavy atom. The van der Waals surface area contributed by atoms with E-state index in [2.05, 4.69) is 49.6 Å². The van der Waals surface area contributed by atoms with Crippen LogP contribution in [0.25, 0.3) is 0 Å². The molecule has 0 unspecified atom stereocenters. The molecule has 3 aromatic rings. The molecule has 2 N–H and O–H groups in total. The van der Waals surface area contributed by atoms with E-state index < -0.39 is 0 Å². The molecule has 0 spiro atoms. The molecule has 2 heterocycles. The minimum atomic E-state index is 0.379. The maximum absolute atomic E-state index is 9.03. The maximum Gasteiger partial charge on any atom is 0.229 e. The van der Waals surface area contributed by atoms with Crippen molar-refractivity contribution in [1.29, 1.82) is 5.26 Å². The number of ether oxygens (including phenoxy) is 1. The summed E-state index contributed by atoms with van der Waals surface area (Å²) in [6, 6.07) is 16.1. The number of rotatable bonds is 7. The molecule has 2 aromatic carbocycles. The molecule has 33 heavy (non-hydrogen) atoms. The lowest BCUT2D eigenvalue weighted by Gasteiger charge is -2.34. The molecule has 8 nitrogen and oxygen atoms in total. The second kappa shape index (κ2) is 10.2. The summed E-state index contributed by atoms with van der Waals surface area (Å²) >= 11 is 0. The topological polar surface area (TPSA) is 89.3 Å². The number of aromatic nitrogens is 2. The third-order valence-corrected chi connectivity index (χ3v) is 5.83. The molecule has 1 aliphatic rings. The Morgan fingerprint density at radius 3 is 2.55 bits per heavy atom. The van der Waals surface area contributed by atoms with Gasteiger partial charge in [-0.25, -0.2) is 4.98 Å². The molecule has 0 atom stereocenters. The van der Waals surface area contributed by atoms with Gasteiger partial charge in [-0.05, 0) is 55.4 Å². The fourth-order valence-electron chi connectivity index (χ4n) is 3.85. The van der Waals surface area contributed by atoms with Crippen molar-refractivity contribution in [1.82, 2.24) is 14.9 Å². The zero-order valence-corrected chi connectivity index (χ0v) is 19.3. The van der Waals surface area contributed by atoms with Gasteiger partial charge in [-0.3, -0.25) is 0 Å². The van der Waals surface area contributed by atoms with E-state index in [1.165, 1.54) is 0 Å². The quantitative estimate of drug-likeness (QED) is 0.564. The van der Waals surface area contributed by atoms with Gasteiger partial charge >= 0.3 is 0 Å². The number of nitrogens with one attached hydrogen (secondary N) is 2. The SMILES string of the molecule is COc1cc(Nc2nccc(Nc3ccc(C)c(CC#N)c3)n2)ccc1N1CCN(C)CC1. The summed E-state index contributed by atoms with van der Waals surface area (Å²) < 4.78 is 5.68. The Bertz CT molecular complexity index is 1150. The second-order valence-corrected chi connectivity index (χ2v) is 8.17. The van der Waals surface area contributed by atoms with Crippen molar-refractivity contribution in [3.63, 3.8) is 0 Å². The first-order valence-corrected chi connectivity index (χ1v) is 11.0. The lowest BCUT2D eigenvalue weighted by Crippen LogP contribution is -2.44. The monoisotopic (exact) mass is 443 g/mol. The van der Waals surface area contributed by atoms with E-state index >= 15 is 0 Å². The first kappa shape index (κ1) is 22.4. The highest BCUT2D eigenvalue weighted by Crippen LogP contribution is 2.32. The molecule has 4 rings (SSSR count). The third kappa shape index (κ3) is 5.51. The molecule has 0 radical (unpaired) electrons. The van der Waals surface area contributed by atoms with Crippen molar-refractivity contribution in [3.05, 3.63) is 59.8 Å². The fraction of sp³-hybridized carbons (Fsp3) is 0.320. The molecular weight excluding hydrogens is 414 g/mol. The van der Waals surface area contributed by atoms with Gasteiger partial charge < -0.3 is 25.2 Å². The zero-order valence-electron chi connectivity index (χ0n) is 19.3. The molecule has 1 aromatic heterocycles. The van der Waals surface area contributed by atoms with Crippen LogP contribution in [0.5, 0.6) is 5.75 Å². The van der Waals surface area contributed by atoms with Gasteiger partial charge in [0.1, 0.15) is 11.6 Å². The summed E-state index contributed by atoms with van der Waals surface area (Å²) in [5.74, 6) is 1.97. The number of likely N-dealkylation sites (N-methyl/N-ethyl adjacent to an activating group) is 1. The van der Waals surface area contributed by atoms with Gasteiger partial charge in [0.05, 0.1) is 25.3 Å². The first-order valence-electron chi connectivity index (χ1n) is 11.0. The van der Waals surface area contributed by atoms with Crippen LogP contribution in [0.4, 0.5) is 28.8 Å². The number of nitrogens with zero attached hydrogens (tertiary/aromatic N) is 5. The maximum atomic E-state index is 9.03. The summed E-state index contributed by atoms with van der Waals surface area (Å²) in [5, 5.41) is 15.6. The predicted molar refractivity (Wildman–Crippen MR) is 132 cm³/mol. The zero-order chi connectivity index (χ0) is 23.2. The Hall–Kier alpha value is -3.83. The molecule has 170 valence electrons. The largest absolute Gasteiger partial charge is 0.495 e. The van der Waals surface area contributed by atoms with Crippen molar-refractivity contribution in [3.8, 4) is 11.8 Å². The molecule has 0 aliphatic carbocycles. The Kier molecular flexibility index (Phi) is 6.91. The van der Waals surface area contributed by atoms with Crippen LogP contribution in [0, 0.1) is 18.3 Å². The highest BCUT2D eigenvalue weighted by Gasteiger charge is 2.18. The van der Waals surface area contributed by atoms with E-state index in [1.54, 1.807) is 13.3 Å². The molecule has 0 amide bonds. The van der Waals surface area contributed by atoms with Gasteiger partial charge in [-0.1, -0.05) is 6.07 Å². The summed E-state index contributed by atoms with van der Waals surface area (Å²) in [4.78, 5) is 13.6. The Balaban J connectivity index is 1.48. The van der Waals surface area contributed by atoms with Crippen LogP contribution in [0.2, 0.25) is 0 Å². The number of hydrogen-bond acceptors (Lipinski definition) is 8. The number of benzene rings is 2. The van der Waals surface area contributed by atoms with Crippen molar-refractivity contribution in [2.75, 3.05) is 55.9 Å².